The summed E-state index contributed by atoms with van der Waals surface area (Å²) in [5.74, 6) is 0.385. The zero-order valence-electron chi connectivity index (χ0n) is 17.3. The van der Waals surface area contributed by atoms with Crippen molar-refractivity contribution in [2.24, 2.45) is 4.99 Å². The number of aliphatic hydroxyl groups excluding tert-OH is 1. The molecule has 1 aliphatic heterocycles. The van der Waals surface area contributed by atoms with Crippen LogP contribution in [-0.2, 0) is 9.53 Å². The second-order valence-electron chi connectivity index (χ2n) is 6.15. The van der Waals surface area contributed by atoms with Gasteiger partial charge in [-0.2, -0.15) is 0 Å². The number of aliphatic hydroxyl groups is 1. The summed E-state index contributed by atoms with van der Waals surface area (Å²) in [6, 6.07) is 10.3. The van der Waals surface area contributed by atoms with Crippen LogP contribution in [0.25, 0.3) is 6.08 Å². The average Bonchev–Trinajstić information content (AvgIpc) is 3.07. The third-order valence-corrected chi connectivity index (χ3v) is 5.60. The van der Waals surface area contributed by atoms with Gasteiger partial charge in [-0.05, 0) is 36.4 Å². The van der Waals surface area contributed by atoms with Crippen molar-refractivity contribution in [3.8, 4) is 17.2 Å². The van der Waals surface area contributed by atoms with Gasteiger partial charge in [-0.1, -0.05) is 29.4 Å². The molecular weight excluding hydrogens is 442 g/mol. The molecule has 0 aliphatic carbocycles. The Hall–Kier alpha value is -3.10. The lowest BCUT2D eigenvalue weighted by atomic mass is 10.1. The van der Waals surface area contributed by atoms with Crippen LogP contribution >= 0.6 is 23.4 Å². The fourth-order valence-electron chi connectivity index (χ4n) is 2.93. The largest absolute Gasteiger partial charge is 0.506 e. The van der Waals surface area contributed by atoms with E-state index in [-0.39, 0.29) is 16.4 Å². The molecule has 7 nitrogen and oxygen atoms in total. The highest BCUT2D eigenvalue weighted by Gasteiger charge is 2.33. The van der Waals surface area contributed by atoms with Crippen molar-refractivity contribution in [1.82, 2.24) is 0 Å². The van der Waals surface area contributed by atoms with E-state index in [0.717, 1.165) is 11.8 Å². The van der Waals surface area contributed by atoms with E-state index in [9.17, 15) is 9.90 Å². The summed E-state index contributed by atoms with van der Waals surface area (Å²) >= 11 is 7.16. The minimum atomic E-state index is -0.701. The van der Waals surface area contributed by atoms with Crippen LogP contribution in [0.5, 0.6) is 17.2 Å². The smallest absolute Gasteiger partial charge is 0.344 e. The Labute approximate surface area is 188 Å². The summed E-state index contributed by atoms with van der Waals surface area (Å²) in [5, 5.41) is 11.6. The van der Waals surface area contributed by atoms with Crippen molar-refractivity contribution in [2.75, 3.05) is 28.4 Å². The molecule has 2 aromatic carbocycles. The van der Waals surface area contributed by atoms with E-state index in [1.165, 1.54) is 28.4 Å². The molecule has 162 valence electrons. The molecule has 0 radical (unpaired) electrons. The number of nitrogens with zero attached hydrogens (tertiary/aromatic N) is 1. The second kappa shape index (κ2) is 9.80. The fourth-order valence-corrected chi connectivity index (χ4v) is 4.14. The Balaban J connectivity index is 2.12. The minimum Gasteiger partial charge on any atom is -0.506 e. The van der Waals surface area contributed by atoms with E-state index in [4.69, 9.17) is 30.5 Å². The van der Waals surface area contributed by atoms with Gasteiger partial charge < -0.3 is 24.1 Å². The van der Waals surface area contributed by atoms with Crippen LogP contribution in [0.2, 0.25) is 5.02 Å². The summed E-state index contributed by atoms with van der Waals surface area (Å²) in [5.41, 5.74) is 1.12. The molecule has 2 aromatic rings. The SMILES string of the molecule is COC(=O)C1=C(O)/C(=C\c2ccc(OC)c(OC)c2OC)SC1=Nc1cccc(Cl)c1. The molecule has 31 heavy (non-hydrogen) atoms. The Bertz CT molecular complexity index is 1110. The molecule has 1 N–H and O–H groups in total. The van der Waals surface area contributed by atoms with E-state index in [0.29, 0.717) is 38.4 Å². The van der Waals surface area contributed by atoms with Gasteiger partial charge in [0.25, 0.3) is 0 Å². The van der Waals surface area contributed by atoms with Gasteiger partial charge in [-0.15, -0.1) is 0 Å². The average molecular weight is 462 g/mol. The molecule has 0 saturated heterocycles. The van der Waals surface area contributed by atoms with Crippen LogP contribution in [0.3, 0.4) is 0 Å². The lowest BCUT2D eigenvalue weighted by Gasteiger charge is -2.14. The zero-order chi connectivity index (χ0) is 22.5. The molecule has 0 unspecified atom stereocenters. The first kappa shape index (κ1) is 22.6. The lowest BCUT2D eigenvalue weighted by Crippen LogP contribution is -2.10. The topological polar surface area (TPSA) is 86.6 Å². The first-order valence-corrected chi connectivity index (χ1v) is 10.2. The number of methoxy groups -OCH3 is 4. The van der Waals surface area contributed by atoms with Crippen LogP contribution < -0.4 is 14.2 Å². The maximum atomic E-state index is 12.3. The van der Waals surface area contributed by atoms with E-state index in [1.807, 2.05) is 0 Å². The molecule has 1 aliphatic rings. The van der Waals surface area contributed by atoms with Crippen LogP contribution in [-0.4, -0.2) is 44.6 Å². The first-order chi connectivity index (χ1) is 14.9. The summed E-state index contributed by atoms with van der Waals surface area (Å²) in [6.07, 6.45) is 1.67. The normalized spacial score (nSPS) is 16.0. The molecule has 1 heterocycles. The predicted molar refractivity (Wildman–Crippen MR) is 122 cm³/mol. The molecular formula is C22H20ClNO6S. The number of carbonyl (C=O) groups is 1. The van der Waals surface area contributed by atoms with Crippen LogP contribution in [0.1, 0.15) is 5.56 Å². The number of carbonyl (C=O) groups excluding carboxylic acids is 1. The van der Waals surface area contributed by atoms with Gasteiger partial charge >= 0.3 is 5.97 Å². The second-order valence-corrected chi connectivity index (χ2v) is 7.61. The number of rotatable bonds is 6. The summed E-state index contributed by atoms with van der Waals surface area (Å²) < 4.78 is 21.0. The number of aliphatic imine (C=N–C) groups is 1. The van der Waals surface area contributed by atoms with Crippen molar-refractivity contribution >= 4 is 46.1 Å². The highest BCUT2D eigenvalue weighted by molar-refractivity contribution is 8.18. The van der Waals surface area contributed by atoms with Gasteiger partial charge in [0.15, 0.2) is 11.5 Å². The van der Waals surface area contributed by atoms with Crippen LogP contribution in [0, 0.1) is 0 Å². The molecule has 0 saturated carbocycles. The molecule has 0 amide bonds. The van der Waals surface area contributed by atoms with Gasteiger partial charge in [0.05, 0.1) is 39.0 Å². The van der Waals surface area contributed by atoms with Gasteiger partial charge in [0.2, 0.25) is 5.75 Å². The zero-order valence-corrected chi connectivity index (χ0v) is 18.8. The summed E-state index contributed by atoms with van der Waals surface area (Å²) in [4.78, 5) is 17.2. The predicted octanol–water partition coefficient (Wildman–Crippen LogP) is 5.17. The third kappa shape index (κ3) is 4.65. The molecule has 0 spiro atoms. The van der Waals surface area contributed by atoms with E-state index in [1.54, 1.807) is 42.5 Å². The Morgan fingerprint density at radius 2 is 1.81 bits per heavy atom. The first-order valence-electron chi connectivity index (χ1n) is 8.98. The molecule has 0 bridgehead atoms. The van der Waals surface area contributed by atoms with Crippen LogP contribution in [0.15, 0.2) is 57.6 Å². The van der Waals surface area contributed by atoms with Gasteiger partial charge in [0.1, 0.15) is 16.4 Å². The minimum absolute atomic E-state index is 0.0295. The number of hydrogen-bond donors (Lipinski definition) is 1. The highest BCUT2D eigenvalue weighted by Crippen LogP contribution is 2.44. The van der Waals surface area contributed by atoms with Gasteiger partial charge in [0, 0.05) is 10.6 Å². The van der Waals surface area contributed by atoms with Crippen molar-refractivity contribution in [3.63, 3.8) is 0 Å². The lowest BCUT2D eigenvalue weighted by molar-refractivity contribution is -0.135. The molecule has 3 rings (SSSR count). The molecule has 0 aromatic heterocycles. The van der Waals surface area contributed by atoms with Crippen molar-refractivity contribution < 1.29 is 28.8 Å². The highest BCUT2D eigenvalue weighted by atomic mass is 35.5. The number of halogens is 1. The third-order valence-electron chi connectivity index (χ3n) is 4.34. The van der Waals surface area contributed by atoms with E-state index in [2.05, 4.69) is 4.99 Å². The fraction of sp³-hybridized carbons (Fsp3) is 0.182. The number of benzene rings is 2. The summed E-state index contributed by atoms with van der Waals surface area (Å²) in [7, 11) is 5.77. The summed E-state index contributed by atoms with van der Waals surface area (Å²) in [6.45, 7) is 0. The van der Waals surface area contributed by atoms with Crippen molar-refractivity contribution in [2.45, 2.75) is 0 Å². The molecule has 9 heteroatoms. The molecule has 0 atom stereocenters. The number of hydrogen-bond acceptors (Lipinski definition) is 8. The quantitative estimate of drug-likeness (QED) is 0.594. The maximum Gasteiger partial charge on any atom is 0.344 e. The maximum absolute atomic E-state index is 12.3. The van der Waals surface area contributed by atoms with Crippen LogP contribution in [0.4, 0.5) is 5.69 Å². The van der Waals surface area contributed by atoms with Crippen molar-refractivity contribution in [3.05, 3.63) is 63.2 Å². The van der Waals surface area contributed by atoms with Gasteiger partial charge in [-0.3, -0.25) is 0 Å². The van der Waals surface area contributed by atoms with E-state index < -0.39 is 5.97 Å². The Morgan fingerprint density at radius 1 is 1.06 bits per heavy atom. The standard InChI is InChI=1S/C22H20ClNO6S/c1-27-15-9-8-12(19(28-2)20(15)29-3)10-16-18(25)17(22(26)30-4)21(31-16)24-14-7-5-6-13(23)11-14/h5-11,25H,1-4H3/b16-10+,24-21?. The Kier molecular flexibility index (Phi) is 7.14. The van der Waals surface area contributed by atoms with Gasteiger partial charge in [-0.25, -0.2) is 9.79 Å². The van der Waals surface area contributed by atoms with Crippen molar-refractivity contribution in [1.29, 1.82) is 0 Å². The van der Waals surface area contributed by atoms with E-state index >= 15 is 0 Å². The molecule has 0 fully saturated rings. The Morgan fingerprint density at radius 3 is 2.42 bits per heavy atom. The number of thioether (sulfide) groups is 1. The number of ether oxygens (including phenoxy) is 4. The number of esters is 1. The monoisotopic (exact) mass is 461 g/mol.